The summed E-state index contributed by atoms with van der Waals surface area (Å²) in [5.41, 5.74) is 4.03. The van der Waals surface area contributed by atoms with Crippen LogP contribution in [0.1, 0.15) is 30.7 Å². The molecule has 3 heteroatoms. The van der Waals surface area contributed by atoms with E-state index in [4.69, 9.17) is 4.98 Å². The topological polar surface area (TPSA) is 19.4 Å². The summed E-state index contributed by atoms with van der Waals surface area (Å²) in [5.74, 6) is 1.09. The molecule has 2 aromatic rings. The van der Waals surface area contributed by atoms with Gasteiger partial charge in [-0.05, 0) is 31.0 Å². The Morgan fingerprint density at radius 1 is 1.14 bits per heavy atom. The van der Waals surface area contributed by atoms with E-state index in [2.05, 4.69) is 73.2 Å². The molecule has 116 valence electrons. The van der Waals surface area contributed by atoms with Gasteiger partial charge in [0, 0.05) is 44.8 Å². The van der Waals surface area contributed by atoms with Crippen LogP contribution in [0.25, 0.3) is 0 Å². The minimum absolute atomic E-state index is 0.476. The molecule has 0 saturated carbocycles. The molecule has 0 amide bonds. The largest absolute Gasteiger partial charge is 0.357 e. The minimum atomic E-state index is 0.476. The Morgan fingerprint density at radius 3 is 2.64 bits per heavy atom. The first-order valence-corrected chi connectivity index (χ1v) is 8.11. The Bertz CT molecular complexity index is 622. The molecule has 0 atom stereocenters. The molecule has 3 nitrogen and oxygen atoms in total. The third-order valence-electron chi connectivity index (χ3n) is 4.50. The fourth-order valence-electron chi connectivity index (χ4n) is 2.90. The van der Waals surface area contributed by atoms with Crippen molar-refractivity contribution in [3.05, 3.63) is 59.3 Å². The Kier molecular flexibility index (Phi) is 4.44. The van der Waals surface area contributed by atoms with Crippen molar-refractivity contribution < 1.29 is 0 Å². The zero-order chi connectivity index (χ0) is 15.5. The summed E-state index contributed by atoms with van der Waals surface area (Å²) in [6, 6.07) is 15.6. The molecule has 0 aliphatic carbocycles. The predicted molar refractivity (Wildman–Crippen MR) is 92.0 cm³/mol. The van der Waals surface area contributed by atoms with Crippen LogP contribution in [0, 0.1) is 0 Å². The van der Waals surface area contributed by atoms with Crippen molar-refractivity contribution in [2.75, 3.05) is 18.5 Å². The molecule has 2 heterocycles. The highest BCUT2D eigenvalue weighted by Crippen LogP contribution is 2.22. The second-order valence-electron chi connectivity index (χ2n) is 6.43. The highest BCUT2D eigenvalue weighted by molar-refractivity contribution is 5.42. The number of benzene rings is 1. The van der Waals surface area contributed by atoms with Crippen LogP contribution >= 0.6 is 0 Å². The van der Waals surface area contributed by atoms with Gasteiger partial charge < -0.3 is 4.90 Å². The maximum Gasteiger partial charge on any atom is 0.128 e. The van der Waals surface area contributed by atoms with Crippen molar-refractivity contribution in [2.45, 2.75) is 39.4 Å². The maximum atomic E-state index is 4.88. The first-order chi connectivity index (χ1) is 10.6. The third-order valence-corrected chi connectivity index (χ3v) is 4.50. The van der Waals surface area contributed by atoms with Gasteiger partial charge in [-0.3, -0.25) is 4.90 Å². The molecule has 1 aromatic carbocycles. The number of rotatable bonds is 4. The van der Waals surface area contributed by atoms with Gasteiger partial charge in [0.15, 0.2) is 0 Å². The smallest absolute Gasteiger partial charge is 0.128 e. The maximum absolute atomic E-state index is 4.88. The van der Waals surface area contributed by atoms with Crippen molar-refractivity contribution in [3.63, 3.8) is 0 Å². The van der Waals surface area contributed by atoms with Gasteiger partial charge in [0.1, 0.15) is 5.82 Å². The lowest BCUT2D eigenvalue weighted by Crippen LogP contribution is -2.32. The molecule has 3 rings (SSSR count). The first kappa shape index (κ1) is 15.0. The summed E-state index contributed by atoms with van der Waals surface area (Å²) in [7, 11) is 2.12. The summed E-state index contributed by atoms with van der Waals surface area (Å²) in [5, 5.41) is 0. The Labute approximate surface area is 133 Å². The van der Waals surface area contributed by atoms with Crippen LogP contribution in [-0.2, 0) is 19.5 Å². The lowest BCUT2D eigenvalue weighted by atomic mass is 10.0. The van der Waals surface area contributed by atoms with Gasteiger partial charge in [-0.2, -0.15) is 0 Å². The predicted octanol–water partition coefficient (Wildman–Crippen LogP) is 3.48. The van der Waals surface area contributed by atoms with Crippen LogP contribution in [0.4, 0.5) is 5.82 Å². The minimum Gasteiger partial charge on any atom is -0.357 e. The van der Waals surface area contributed by atoms with E-state index in [1.165, 1.54) is 16.8 Å². The van der Waals surface area contributed by atoms with E-state index in [-0.39, 0.29) is 0 Å². The molecule has 22 heavy (non-hydrogen) atoms. The number of anilines is 1. The van der Waals surface area contributed by atoms with Crippen molar-refractivity contribution in [2.24, 2.45) is 0 Å². The number of pyridine rings is 1. The molecule has 0 bridgehead atoms. The van der Waals surface area contributed by atoms with Gasteiger partial charge in [-0.1, -0.05) is 36.4 Å². The monoisotopic (exact) mass is 295 g/mol. The molecular formula is C19H25N3. The van der Waals surface area contributed by atoms with Crippen LogP contribution in [0.2, 0.25) is 0 Å². The number of fused-ring (bicyclic) bond motifs is 1. The average Bonchev–Trinajstić information content (AvgIpc) is 2.54. The SMILES string of the molecule is CC(C)N(C)c1ccc2c(n1)CCN(Cc1ccccc1)C2. The molecule has 1 aromatic heterocycles. The lowest BCUT2D eigenvalue weighted by molar-refractivity contribution is 0.243. The normalized spacial score (nSPS) is 14.9. The number of hydrogen-bond donors (Lipinski definition) is 0. The van der Waals surface area contributed by atoms with Crippen LogP contribution in [0.3, 0.4) is 0 Å². The van der Waals surface area contributed by atoms with Gasteiger partial charge in [0.2, 0.25) is 0 Å². The second kappa shape index (κ2) is 6.49. The van der Waals surface area contributed by atoms with E-state index in [9.17, 15) is 0 Å². The Morgan fingerprint density at radius 2 is 1.91 bits per heavy atom. The van der Waals surface area contributed by atoms with Crippen molar-refractivity contribution in [1.29, 1.82) is 0 Å². The molecule has 0 radical (unpaired) electrons. The molecule has 1 aliphatic heterocycles. The van der Waals surface area contributed by atoms with E-state index in [0.717, 1.165) is 31.9 Å². The van der Waals surface area contributed by atoms with E-state index in [1.54, 1.807) is 0 Å². The van der Waals surface area contributed by atoms with Crippen LogP contribution in [0.15, 0.2) is 42.5 Å². The zero-order valence-corrected chi connectivity index (χ0v) is 13.8. The van der Waals surface area contributed by atoms with Crippen molar-refractivity contribution in [1.82, 2.24) is 9.88 Å². The van der Waals surface area contributed by atoms with Gasteiger partial charge >= 0.3 is 0 Å². The highest BCUT2D eigenvalue weighted by atomic mass is 15.2. The number of nitrogens with zero attached hydrogens (tertiary/aromatic N) is 3. The van der Waals surface area contributed by atoms with E-state index in [0.29, 0.717) is 6.04 Å². The van der Waals surface area contributed by atoms with Gasteiger partial charge in [0.05, 0.1) is 0 Å². The zero-order valence-electron chi connectivity index (χ0n) is 13.8. The van der Waals surface area contributed by atoms with E-state index >= 15 is 0 Å². The average molecular weight is 295 g/mol. The summed E-state index contributed by atoms with van der Waals surface area (Å²) < 4.78 is 0. The summed E-state index contributed by atoms with van der Waals surface area (Å²) in [4.78, 5) is 9.61. The van der Waals surface area contributed by atoms with Crippen LogP contribution in [0.5, 0.6) is 0 Å². The molecule has 0 saturated heterocycles. The molecule has 1 aliphatic rings. The molecular weight excluding hydrogens is 270 g/mol. The molecule has 0 fully saturated rings. The Balaban J connectivity index is 1.71. The summed E-state index contributed by atoms with van der Waals surface area (Å²) in [6.45, 7) is 7.51. The Hall–Kier alpha value is -1.87. The standard InChI is InChI=1S/C19H25N3/c1-15(2)21(3)19-10-9-17-14-22(12-11-18(17)20-19)13-16-7-5-4-6-8-16/h4-10,15H,11-14H2,1-3H3. The molecule has 0 N–H and O–H groups in total. The second-order valence-corrected chi connectivity index (χ2v) is 6.43. The number of hydrogen-bond acceptors (Lipinski definition) is 3. The van der Waals surface area contributed by atoms with E-state index in [1.807, 2.05) is 0 Å². The lowest BCUT2D eigenvalue weighted by Gasteiger charge is -2.30. The first-order valence-electron chi connectivity index (χ1n) is 8.11. The fraction of sp³-hybridized carbons (Fsp3) is 0.421. The molecule has 0 unspecified atom stereocenters. The van der Waals surface area contributed by atoms with Crippen molar-refractivity contribution >= 4 is 5.82 Å². The van der Waals surface area contributed by atoms with Crippen LogP contribution < -0.4 is 4.90 Å². The summed E-state index contributed by atoms with van der Waals surface area (Å²) >= 11 is 0. The van der Waals surface area contributed by atoms with Crippen molar-refractivity contribution in [3.8, 4) is 0 Å². The van der Waals surface area contributed by atoms with Gasteiger partial charge in [0.25, 0.3) is 0 Å². The van der Waals surface area contributed by atoms with Gasteiger partial charge in [-0.25, -0.2) is 4.98 Å². The van der Waals surface area contributed by atoms with E-state index < -0.39 is 0 Å². The fourth-order valence-corrected chi connectivity index (χ4v) is 2.90. The van der Waals surface area contributed by atoms with Crippen LogP contribution in [-0.4, -0.2) is 29.5 Å². The number of aromatic nitrogens is 1. The summed E-state index contributed by atoms with van der Waals surface area (Å²) in [6.07, 6.45) is 1.04. The quantitative estimate of drug-likeness (QED) is 0.861. The highest BCUT2D eigenvalue weighted by Gasteiger charge is 2.19. The third kappa shape index (κ3) is 3.30. The molecule has 0 spiro atoms. The van der Waals surface area contributed by atoms with Gasteiger partial charge in [-0.15, -0.1) is 0 Å².